The van der Waals surface area contributed by atoms with Gasteiger partial charge in [-0.25, -0.2) is 0 Å². The van der Waals surface area contributed by atoms with Crippen LogP contribution in [0.1, 0.15) is 33.6 Å². The molecule has 1 aliphatic rings. The van der Waals surface area contributed by atoms with Gasteiger partial charge in [0.15, 0.2) is 0 Å². The number of aromatic amines is 1. The summed E-state index contributed by atoms with van der Waals surface area (Å²) in [6.45, 7) is 1.98. The van der Waals surface area contributed by atoms with Crippen LogP contribution >= 0.6 is 0 Å². The molecular formula is C18H21N7O2. The number of amides is 2. The Hall–Kier alpha value is -3.23. The summed E-state index contributed by atoms with van der Waals surface area (Å²) in [4.78, 5) is 26.7. The number of carbonyl (C=O) groups is 2. The molecule has 1 aliphatic heterocycles. The first-order chi connectivity index (χ1) is 13.1. The molecule has 27 heavy (non-hydrogen) atoms. The lowest BCUT2D eigenvalue weighted by atomic mass is 9.96. The average Bonchev–Trinajstić information content (AvgIpc) is 3.34. The predicted octanol–water partition coefficient (Wildman–Crippen LogP) is 0.974. The van der Waals surface area contributed by atoms with Gasteiger partial charge in [0.25, 0.3) is 11.8 Å². The van der Waals surface area contributed by atoms with E-state index in [9.17, 15) is 9.59 Å². The SMILES string of the molecule is Cn1cc(C(=O)NCC2CCN(C(=O)c3ccc4n[nH]nc4c3)CC2)cn1. The zero-order chi connectivity index (χ0) is 18.8. The number of hydrogen-bond donors (Lipinski definition) is 2. The van der Waals surface area contributed by atoms with Gasteiger partial charge in [0.05, 0.1) is 11.8 Å². The van der Waals surface area contributed by atoms with E-state index in [2.05, 4.69) is 25.8 Å². The van der Waals surface area contributed by atoms with Crippen molar-refractivity contribution in [1.29, 1.82) is 0 Å². The molecule has 0 aliphatic carbocycles. The normalized spacial score (nSPS) is 15.2. The Bertz CT molecular complexity index is 969. The minimum Gasteiger partial charge on any atom is -0.352 e. The van der Waals surface area contributed by atoms with Crippen LogP contribution in [-0.4, -0.2) is 61.5 Å². The first kappa shape index (κ1) is 17.2. The fourth-order valence-electron chi connectivity index (χ4n) is 3.37. The van der Waals surface area contributed by atoms with Gasteiger partial charge in [-0.1, -0.05) is 0 Å². The molecule has 0 atom stereocenters. The molecule has 9 heteroatoms. The third kappa shape index (κ3) is 3.67. The van der Waals surface area contributed by atoms with Crippen LogP contribution in [0.3, 0.4) is 0 Å². The fourth-order valence-corrected chi connectivity index (χ4v) is 3.37. The Morgan fingerprint density at radius 1 is 1.19 bits per heavy atom. The van der Waals surface area contributed by atoms with Crippen molar-refractivity contribution in [2.45, 2.75) is 12.8 Å². The number of benzene rings is 1. The summed E-state index contributed by atoms with van der Waals surface area (Å²) in [5.41, 5.74) is 2.62. The molecule has 2 N–H and O–H groups in total. The molecule has 9 nitrogen and oxygen atoms in total. The van der Waals surface area contributed by atoms with Gasteiger partial charge < -0.3 is 10.2 Å². The number of hydrogen-bond acceptors (Lipinski definition) is 5. The van der Waals surface area contributed by atoms with Gasteiger partial charge in [-0.2, -0.15) is 20.5 Å². The summed E-state index contributed by atoms with van der Waals surface area (Å²) in [5, 5.41) is 17.6. The molecule has 140 valence electrons. The molecule has 3 aromatic rings. The number of carbonyl (C=O) groups excluding carboxylic acids is 2. The molecule has 4 rings (SSSR count). The smallest absolute Gasteiger partial charge is 0.254 e. The van der Waals surface area contributed by atoms with Crippen molar-refractivity contribution in [2.24, 2.45) is 13.0 Å². The van der Waals surface area contributed by atoms with Crippen LogP contribution in [0.15, 0.2) is 30.6 Å². The van der Waals surface area contributed by atoms with Crippen molar-refractivity contribution in [1.82, 2.24) is 35.4 Å². The van der Waals surface area contributed by atoms with Gasteiger partial charge in [0.1, 0.15) is 11.0 Å². The number of H-pyrrole nitrogens is 1. The van der Waals surface area contributed by atoms with Crippen molar-refractivity contribution in [3.05, 3.63) is 41.7 Å². The van der Waals surface area contributed by atoms with E-state index in [4.69, 9.17) is 0 Å². The number of likely N-dealkylation sites (tertiary alicyclic amines) is 1. The summed E-state index contributed by atoms with van der Waals surface area (Å²) in [6.07, 6.45) is 4.99. The second-order valence-corrected chi connectivity index (χ2v) is 6.88. The van der Waals surface area contributed by atoms with Crippen LogP contribution in [-0.2, 0) is 7.05 Å². The lowest BCUT2D eigenvalue weighted by Crippen LogP contribution is -2.41. The summed E-state index contributed by atoms with van der Waals surface area (Å²) in [5.74, 6) is 0.271. The number of aryl methyl sites for hydroxylation is 1. The minimum atomic E-state index is -0.109. The molecule has 3 heterocycles. The van der Waals surface area contributed by atoms with Gasteiger partial charge in [0, 0.05) is 38.4 Å². The zero-order valence-electron chi connectivity index (χ0n) is 15.1. The second-order valence-electron chi connectivity index (χ2n) is 6.88. The molecule has 1 fully saturated rings. The Kier molecular flexibility index (Phi) is 4.57. The van der Waals surface area contributed by atoms with Crippen LogP contribution in [0.25, 0.3) is 11.0 Å². The van der Waals surface area contributed by atoms with Crippen molar-refractivity contribution >= 4 is 22.8 Å². The molecule has 0 spiro atoms. The van der Waals surface area contributed by atoms with E-state index in [0.717, 1.165) is 18.4 Å². The van der Waals surface area contributed by atoms with Gasteiger partial charge >= 0.3 is 0 Å². The van der Waals surface area contributed by atoms with Crippen molar-refractivity contribution < 1.29 is 9.59 Å². The predicted molar refractivity (Wildman–Crippen MR) is 98.1 cm³/mol. The minimum absolute atomic E-state index is 0.0118. The summed E-state index contributed by atoms with van der Waals surface area (Å²) >= 11 is 0. The van der Waals surface area contributed by atoms with E-state index >= 15 is 0 Å². The van der Waals surface area contributed by atoms with Gasteiger partial charge in [0.2, 0.25) is 0 Å². The number of fused-ring (bicyclic) bond motifs is 1. The Labute approximate surface area is 155 Å². The molecule has 1 aromatic carbocycles. The van der Waals surface area contributed by atoms with E-state index in [1.807, 2.05) is 4.90 Å². The summed E-state index contributed by atoms with van der Waals surface area (Å²) in [6, 6.07) is 5.35. The molecule has 1 saturated heterocycles. The highest BCUT2D eigenvalue weighted by Gasteiger charge is 2.24. The fraction of sp³-hybridized carbons (Fsp3) is 0.389. The van der Waals surface area contributed by atoms with Gasteiger partial charge in [-0.3, -0.25) is 14.3 Å². The number of nitrogens with one attached hydrogen (secondary N) is 2. The maximum atomic E-state index is 12.7. The third-order valence-electron chi connectivity index (χ3n) is 4.98. The average molecular weight is 367 g/mol. The van der Waals surface area contributed by atoms with Crippen LogP contribution in [0.4, 0.5) is 0 Å². The maximum Gasteiger partial charge on any atom is 0.254 e. The third-order valence-corrected chi connectivity index (χ3v) is 4.98. The van der Waals surface area contributed by atoms with Crippen molar-refractivity contribution in [2.75, 3.05) is 19.6 Å². The van der Waals surface area contributed by atoms with Crippen molar-refractivity contribution in [3.63, 3.8) is 0 Å². The van der Waals surface area contributed by atoms with Crippen LogP contribution in [0, 0.1) is 5.92 Å². The lowest BCUT2D eigenvalue weighted by Gasteiger charge is -2.32. The quantitative estimate of drug-likeness (QED) is 0.714. The molecule has 0 unspecified atom stereocenters. The molecule has 0 bridgehead atoms. The van der Waals surface area contributed by atoms with Gasteiger partial charge in [-0.15, -0.1) is 0 Å². The molecular weight excluding hydrogens is 346 g/mol. The largest absolute Gasteiger partial charge is 0.352 e. The number of nitrogens with zero attached hydrogens (tertiary/aromatic N) is 5. The van der Waals surface area contributed by atoms with E-state index in [1.54, 1.807) is 42.3 Å². The van der Waals surface area contributed by atoms with Gasteiger partial charge in [-0.05, 0) is 37.0 Å². The summed E-state index contributed by atoms with van der Waals surface area (Å²) < 4.78 is 1.61. The first-order valence-corrected chi connectivity index (χ1v) is 8.97. The maximum absolute atomic E-state index is 12.7. The topological polar surface area (TPSA) is 109 Å². The monoisotopic (exact) mass is 367 g/mol. The lowest BCUT2D eigenvalue weighted by molar-refractivity contribution is 0.0684. The molecule has 2 amide bonds. The van der Waals surface area contributed by atoms with E-state index in [-0.39, 0.29) is 11.8 Å². The van der Waals surface area contributed by atoms with Crippen LogP contribution < -0.4 is 5.32 Å². The van der Waals surface area contributed by atoms with Crippen LogP contribution in [0.2, 0.25) is 0 Å². The number of aromatic nitrogens is 5. The van der Waals surface area contributed by atoms with Crippen molar-refractivity contribution in [3.8, 4) is 0 Å². The second kappa shape index (κ2) is 7.18. The first-order valence-electron chi connectivity index (χ1n) is 8.97. The molecule has 0 saturated carbocycles. The number of piperidine rings is 1. The number of rotatable bonds is 4. The zero-order valence-corrected chi connectivity index (χ0v) is 15.1. The van der Waals surface area contributed by atoms with E-state index in [1.165, 1.54) is 0 Å². The molecule has 2 aromatic heterocycles. The summed E-state index contributed by atoms with van der Waals surface area (Å²) in [7, 11) is 1.78. The Balaban J connectivity index is 1.29. The standard InChI is InChI=1S/C18H21N7O2/c1-24-11-14(10-20-24)17(26)19-9-12-4-6-25(7-5-12)18(27)13-2-3-15-16(8-13)22-23-21-15/h2-3,8,10-12H,4-7,9H2,1H3,(H,19,26)(H,21,22,23). The van der Waals surface area contributed by atoms with E-state index < -0.39 is 0 Å². The molecule has 0 radical (unpaired) electrons. The van der Waals surface area contributed by atoms with E-state index in [0.29, 0.717) is 42.2 Å². The van der Waals surface area contributed by atoms with Crippen LogP contribution in [0.5, 0.6) is 0 Å². The Morgan fingerprint density at radius 3 is 2.70 bits per heavy atom. The Morgan fingerprint density at radius 2 is 1.96 bits per heavy atom. The highest BCUT2D eigenvalue weighted by molar-refractivity contribution is 5.97. The highest BCUT2D eigenvalue weighted by Crippen LogP contribution is 2.20. The highest BCUT2D eigenvalue weighted by atomic mass is 16.2.